The Morgan fingerprint density at radius 3 is 2.65 bits per heavy atom. The van der Waals surface area contributed by atoms with Crippen LogP contribution in [0.1, 0.15) is 16.9 Å². The van der Waals surface area contributed by atoms with Crippen LogP contribution in [0, 0.1) is 11.3 Å². The van der Waals surface area contributed by atoms with Crippen molar-refractivity contribution in [3.05, 3.63) is 54.4 Å². The molecule has 0 saturated heterocycles. The second-order valence-corrected chi connectivity index (χ2v) is 4.07. The van der Waals surface area contributed by atoms with Crippen LogP contribution in [0.3, 0.4) is 0 Å². The highest BCUT2D eigenvalue weighted by Gasteiger charge is 2.21. The Balaban J connectivity index is 2.35. The van der Waals surface area contributed by atoms with Gasteiger partial charge in [-0.25, -0.2) is 4.98 Å². The molecule has 0 atom stereocenters. The molecule has 1 heterocycles. The molecule has 1 amide bonds. The smallest absolute Gasteiger partial charge is 0.280 e. The lowest BCUT2D eigenvalue weighted by Gasteiger charge is -2.21. The van der Waals surface area contributed by atoms with Gasteiger partial charge in [-0.15, -0.1) is 0 Å². The van der Waals surface area contributed by atoms with Gasteiger partial charge in [0.25, 0.3) is 5.91 Å². The molecule has 0 fully saturated rings. The summed E-state index contributed by atoms with van der Waals surface area (Å²) in [5, 5.41) is 18.4. The van der Waals surface area contributed by atoms with Gasteiger partial charge < -0.3 is 10.0 Å². The van der Waals surface area contributed by atoms with E-state index in [1.807, 2.05) is 12.1 Å². The molecule has 0 saturated carbocycles. The Morgan fingerprint density at radius 1 is 1.25 bits per heavy atom. The first kappa shape index (κ1) is 13.6. The monoisotopic (exact) mass is 267 g/mol. The van der Waals surface area contributed by atoms with Gasteiger partial charge in [0.05, 0.1) is 12.5 Å². The number of nitriles is 1. The second kappa shape index (κ2) is 6.34. The molecular formula is C15H13N3O2. The van der Waals surface area contributed by atoms with Crippen LogP contribution in [0.25, 0.3) is 0 Å². The molecule has 1 N–H and O–H groups in total. The molecule has 20 heavy (non-hydrogen) atoms. The molecule has 2 aromatic rings. The summed E-state index contributed by atoms with van der Waals surface area (Å²) in [7, 11) is 0. The average Bonchev–Trinajstić information content (AvgIpc) is 2.49. The lowest BCUT2D eigenvalue weighted by atomic mass is 10.2. The summed E-state index contributed by atoms with van der Waals surface area (Å²) >= 11 is 0. The van der Waals surface area contributed by atoms with Crippen molar-refractivity contribution < 1.29 is 9.90 Å². The molecule has 0 spiro atoms. The quantitative estimate of drug-likeness (QED) is 0.922. The molecule has 1 aromatic heterocycles. The molecule has 2 rings (SSSR count). The maximum absolute atomic E-state index is 12.5. The maximum atomic E-state index is 12.5. The Labute approximate surface area is 116 Å². The minimum absolute atomic E-state index is 0.0192. The van der Waals surface area contributed by atoms with Gasteiger partial charge in [0.15, 0.2) is 5.69 Å². The molecule has 100 valence electrons. The van der Waals surface area contributed by atoms with Crippen molar-refractivity contribution in [2.24, 2.45) is 0 Å². The maximum Gasteiger partial charge on any atom is 0.280 e. The normalized spacial score (nSPS) is 9.75. The molecule has 0 aliphatic carbocycles. The van der Waals surface area contributed by atoms with Crippen LogP contribution < -0.4 is 4.90 Å². The second-order valence-electron chi connectivity index (χ2n) is 4.07. The number of aromatic nitrogens is 1. The number of carbonyl (C=O) groups excluding carboxylic acids is 1. The van der Waals surface area contributed by atoms with E-state index in [0.717, 1.165) is 0 Å². The summed E-state index contributed by atoms with van der Waals surface area (Å²) in [6.07, 6.45) is 1.65. The number of rotatable bonds is 4. The summed E-state index contributed by atoms with van der Waals surface area (Å²) in [5.74, 6) is -0.597. The Kier molecular flexibility index (Phi) is 4.30. The fourth-order valence-corrected chi connectivity index (χ4v) is 1.81. The lowest BCUT2D eigenvalue weighted by molar-refractivity contribution is 0.0980. The van der Waals surface area contributed by atoms with Gasteiger partial charge in [0.2, 0.25) is 0 Å². The van der Waals surface area contributed by atoms with Crippen molar-refractivity contribution >= 4 is 11.6 Å². The highest BCUT2D eigenvalue weighted by Crippen LogP contribution is 2.20. The summed E-state index contributed by atoms with van der Waals surface area (Å²) in [6, 6.07) is 14.0. The third-order valence-electron chi connectivity index (χ3n) is 2.75. The number of carbonyl (C=O) groups is 1. The molecule has 5 heteroatoms. The Bertz CT molecular complexity index is 635. The number of anilines is 1. The average molecular weight is 267 g/mol. The van der Waals surface area contributed by atoms with Crippen molar-refractivity contribution in [1.29, 1.82) is 5.26 Å². The first-order chi connectivity index (χ1) is 9.74. The molecule has 0 aliphatic heterocycles. The summed E-state index contributed by atoms with van der Waals surface area (Å²) < 4.78 is 0. The van der Waals surface area contributed by atoms with Gasteiger partial charge in [-0.1, -0.05) is 18.2 Å². The largest absolute Gasteiger partial charge is 0.505 e. The first-order valence-corrected chi connectivity index (χ1v) is 6.12. The summed E-state index contributed by atoms with van der Waals surface area (Å²) in [5.41, 5.74) is 0.645. The molecule has 1 aromatic carbocycles. The van der Waals surface area contributed by atoms with Gasteiger partial charge >= 0.3 is 0 Å². The fraction of sp³-hybridized carbons (Fsp3) is 0.133. The minimum atomic E-state index is -0.426. The predicted octanol–water partition coefficient (Wildman–Crippen LogP) is 2.35. The number of para-hydroxylation sites is 1. The van der Waals surface area contributed by atoms with Crippen molar-refractivity contribution in [3.63, 3.8) is 0 Å². The molecule has 0 unspecified atom stereocenters. The van der Waals surface area contributed by atoms with E-state index in [1.54, 1.807) is 30.3 Å². The first-order valence-electron chi connectivity index (χ1n) is 6.12. The van der Waals surface area contributed by atoms with Gasteiger partial charge in [0.1, 0.15) is 5.75 Å². The lowest BCUT2D eigenvalue weighted by Crippen LogP contribution is -2.32. The van der Waals surface area contributed by atoms with Gasteiger partial charge in [-0.2, -0.15) is 5.26 Å². The Morgan fingerprint density at radius 2 is 2.00 bits per heavy atom. The van der Waals surface area contributed by atoms with E-state index in [-0.39, 0.29) is 24.4 Å². The van der Waals surface area contributed by atoms with E-state index in [2.05, 4.69) is 4.98 Å². The van der Waals surface area contributed by atoms with E-state index in [9.17, 15) is 9.90 Å². The summed E-state index contributed by atoms with van der Waals surface area (Å²) in [6.45, 7) is 0.245. The van der Waals surface area contributed by atoms with Crippen molar-refractivity contribution in [2.45, 2.75) is 6.42 Å². The Hall–Kier alpha value is -2.87. The third-order valence-corrected chi connectivity index (χ3v) is 2.75. The number of nitrogens with zero attached hydrogens (tertiary/aromatic N) is 3. The SMILES string of the molecule is N#CCCN(C(=O)c1ncccc1O)c1ccccc1. The van der Waals surface area contributed by atoms with Crippen molar-refractivity contribution in [1.82, 2.24) is 4.98 Å². The predicted molar refractivity (Wildman–Crippen MR) is 74.3 cm³/mol. The van der Waals surface area contributed by atoms with Crippen LogP contribution in [0.4, 0.5) is 5.69 Å². The number of pyridine rings is 1. The van der Waals surface area contributed by atoms with Crippen LogP contribution in [-0.2, 0) is 0 Å². The van der Waals surface area contributed by atoms with Crippen LogP contribution in [0.2, 0.25) is 0 Å². The van der Waals surface area contributed by atoms with Gasteiger partial charge in [-0.05, 0) is 24.3 Å². The minimum Gasteiger partial charge on any atom is -0.505 e. The zero-order chi connectivity index (χ0) is 14.4. The number of aromatic hydroxyl groups is 1. The van der Waals surface area contributed by atoms with Crippen LogP contribution in [-0.4, -0.2) is 22.5 Å². The zero-order valence-corrected chi connectivity index (χ0v) is 10.7. The highest BCUT2D eigenvalue weighted by molar-refractivity contribution is 6.06. The standard InChI is InChI=1S/C15H13N3O2/c16-9-5-11-18(12-6-2-1-3-7-12)15(20)14-13(19)8-4-10-17-14/h1-4,6-8,10,19H,5,11H2. The van der Waals surface area contributed by atoms with E-state index in [1.165, 1.54) is 17.2 Å². The zero-order valence-electron chi connectivity index (χ0n) is 10.7. The van der Waals surface area contributed by atoms with Gasteiger partial charge in [0, 0.05) is 18.4 Å². The fourth-order valence-electron chi connectivity index (χ4n) is 1.81. The van der Waals surface area contributed by atoms with Crippen LogP contribution in [0.5, 0.6) is 5.75 Å². The van der Waals surface area contributed by atoms with E-state index in [0.29, 0.717) is 5.69 Å². The number of amides is 1. The third kappa shape index (κ3) is 2.93. The molecule has 0 bridgehead atoms. The molecular weight excluding hydrogens is 254 g/mol. The van der Waals surface area contributed by atoms with E-state index >= 15 is 0 Å². The molecule has 5 nitrogen and oxygen atoms in total. The van der Waals surface area contributed by atoms with Crippen molar-refractivity contribution in [3.8, 4) is 11.8 Å². The number of hydrogen-bond acceptors (Lipinski definition) is 4. The van der Waals surface area contributed by atoms with Crippen LogP contribution >= 0.6 is 0 Å². The van der Waals surface area contributed by atoms with E-state index in [4.69, 9.17) is 5.26 Å². The number of hydrogen-bond donors (Lipinski definition) is 1. The van der Waals surface area contributed by atoms with E-state index < -0.39 is 5.91 Å². The molecule has 0 aliphatic rings. The van der Waals surface area contributed by atoms with Crippen LogP contribution in [0.15, 0.2) is 48.7 Å². The van der Waals surface area contributed by atoms with Gasteiger partial charge in [-0.3, -0.25) is 4.79 Å². The number of benzene rings is 1. The summed E-state index contributed by atoms with van der Waals surface area (Å²) in [4.78, 5) is 17.8. The van der Waals surface area contributed by atoms with Crippen molar-refractivity contribution in [2.75, 3.05) is 11.4 Å². The molecule has 0 radical (unpaired) electrons. The topological polar surface area (TPSA) is 77.2 Å². The highest BCUT2D eigenvalue weighted by atomic mass is 16.3.